The first kappa shape index (κ1) is 24.2. The summed E-state index contributed by atoms with van der Waals surface area (Å²) in [5, 5.41) is 0.156. The lowest BCUT2D eigenvalue weighted by Crippen LogP contribution is -2.49. The van der Waals surface area contributed by atoms with Crippen LogP contribution in [-0.2, 0) is 4.43 Å². The number of carbonyl (C=O) groups excluding carboxylic acids is 1. The average Bonchev–Trinajstić information content (AvgIpc) is 2.96. The lowest BCUT2D eigenvalue weighted by atomic mass is 9.66. The van der Waals surface area contributed by atoms with Gasteiger partial charge >= 0.3 is 6.18 Å². The average molecular weight is 453 g/mol. The number of halogens is 3. The molecule has 2 aliphatic carbocycles. The SMILES string of the molecule is CC(C)(C)[Si](C)(C)O[C@H]1CCC[C@]2(C)/C(=C/c3cccc(C(=O)C(F)(F)F)c3)CC[C@@H]12. The summed E-state index contributed by atoms with van der Waals surface area (Å²) in [6.07, 6.45) is 2.62. The Morgan fingerprint density at radius 2 is 1.87 bits per heavy atom. The molecule has 172 valence electrons. The zero-order valence-electron chi connectivity index (χ0n) is 19.5. The van der Waals surface area contributed by atoms with Crippen molar-refractivity contribution >= 4 is 20.2 Å². The highest BCUT2D eigenvalue weighted by atomic mass is 28.4. The fourth-order valence-electron chi connectivity index (χ4n) is 5.03. The molecule has 3 rings (SSSR count). The summed E-state index contributed by atoms with van der Waals surface area (Å²) >= 11 is 0. The van der Waals surface area contributed by atoms with E-state index in [1.807, 2.05) is 6.08 Å². The Morgan fingerprint density at radius 3 is 2.48 bits per heavy atom. The number of fused-ring (bicyclic) bond motifs is 1. The molecule has 0 aliphatic heterocycles. The van der Waals surface area contributed by atoms with Gasteiger partial charge in [0.25, 0.3) is 5.78 Å². The Kier molecular flexibility index (Phi) is 6.40. The number of benzene rings is 1. The molecule has 6 heteroatoms. The van der Waals surface area contributed by atoms with E-state index < -0.39 is 20.3 Å². The van der Waals surface area contributed by atoms with Crippen molar-refractivity contribution in [1.29, 1.82) is 0 Å². The Morgan fingerprint density at radius 1 is 1.19 bits per heavy atom. The molecule has 0 unspecified atom stereocenters. The van der Waals surface area contributed by atoms with E-state index in [4.69, 9.17) is 4.43 Å². The number of Topliss-reactive ketones (excluding diaryl/α,β-unsaturated/α-hetero) is 1. The van der Waals surface area contributed by atoms with E-state index in [1.54, 1.807) is 6.07 Å². The number of carbonyl (C=O) groups is 1. The predicted molar refractivity (Wildman–Crippen MR) is 122 cm³/mol. The number of alkyl halides is 3. The van der Waals surface area contributed by atoms with E-state index in [0.29, 0.717) is 11.5 Å². The van der Waals surface area contributed by atoms with E-state index in [9.17, 15) is 18.0 Å². The van der Waals surface area contributed by atoms with Crippen molar-refractivity contribution in [2.75, 3.05) is 0 Å². The third-order valence-electron chi connectivity index (χ3n) is 7.91. The second-order valence-corrected chi connectivity index (χ2v) is 15.7. The minimum absolute atomic E-state index is 0.00464. The fraction of sp³-hybridized carbons (Fsp3) is 0.640. The summed E-state index contributed by atoms with van der Waals surface area (Å²) in [5.74, 6) is -1.36. The van der Waals surface area contributed by atoms with Gasteiger partial charge in [-0.2, -0.15) is 13.2 Å². The van der Waals surface area contributed by atoms with Gasteiger partial charge in [0, 0.05) is 11.7 Å². The maximum atomic E-state index is 12.8. The molecular formula is C25H35F3O2Si. The molecule has 0 radical (unpaired) electrons. The molecule has 31 heavy (non-hydrogen) atoms. The van der Waals surface area contributed by atoms with Gasteiger partial charge in [-0.1, -0.05) is 64.0 Å². The molecular weight excluding hydrogens is 417 g/mol. The highest BCUT2D eigenvalue weighted by Crippen LogP contribution is 2.57. The lowest BCUT2D eigenvalue weighted by Gasteiger charge is -2.47. The molecule has 2 nitrogen and oxygen atoms in total. The zero-order chi connectivity index (χ0) is 23.2. The molecule has 0 spiro atoms. The number of ketones is 1. The maximum Gasteiger partial charge on any atom is 0.454 e. The lowest BCUT2D eigenvalue weighted by molar-refractivity contribution is -0.0885. The van der Waals surface area contributed by atoms with Crippen molar-refractivity contribution in [2.45, 2.75) is 90.2 Å². The van der Waals surface area contributed by atoms with Crippen molar-refractivity contribution in [3.05, 3.63) is 41.0 Å². The Balaban J connectivity index is 1.86. The standard InChI is InChI=1S/C25H35F3O2Si/c1-23(2,3)31(5,6)30-21-11-8-14-24(4)19(12-13-20(21)24)16-17-9-7-10-18(15-17)22(29)25(26,27)28/h7,9-10,15-16,20-21H,8,11-14H2,1-6H3/b19-16+/t20-,21-,24+/m0/s1. The summed E-state index contributed by atoms with van der Waals surface area (Å²) in [6, 6.07) is 5.92. The first-order valence-electron chi connectivity index (χ1n) is 11.3. The number of hydrogen-bond donors (Lipinski definition) is 0. The highest BCUT2D eigenvalue weighted by molar-refractivity contribution is 6.74. The molecule has 1 aromatic rings. The van der Waals surface area contributed by atoms with Gasteiger partial charge in [-0.3, -0.25) is 4.79 Å². The first-order chi connectivity index (χ1) is 14.1. The van der Waals surface area contributed by atoms with Crippen molar-refractivity contribution in [3.63, 3.8) is 0 Å². The van der Waals surface area contributed by atoms with E-state index in [0.717, 1.165) is 32.1 Å². The summed E-state index contributed by atoms with van der Waals surface area (Å²) in [7, 11) is -1.88. The number of hydrogen-bond acceptors (Lipinski definition) is 2. The van der Waals surface area contributed by atoms with Gasteiger partial charge in [0.2, 0.25) is 0 Å². The number of allylic oxidation sites excluding steroid dienone is 1. The van der Waals surface area contributed by atoms with Crippen LogP contribution in [0.25, 0.3) is 6.08 Å². The molecule has 0 bridgehead atoms. The van der Waals surface area contributed by atoms with Crippen molar-refractivity contribution in [1.82, 2.24) is 0 Å². The molecule has 0 N–H and O–H groups in total. The Labute approximate surface area is 185 Å². The van der Waals surface area contributed by atoms with Crippen LogP contribution in [0.5, 0.6) is 0 Å². The van der Waals surface area contributed by atoms with Gasteiger partial charge in [0.15, 0.2) is 8.32 Å². The van der Waals surface area contributed by atoms with E-state index >= 15 is 0 Å². The monoisotopic (exact) mass is 452 g/mol. The minimum Gasteiger partial charge on any atom is -0.414 e. The van der Waals surface area contributed by atoms with Gasteiger partial charge in [-0.05, 0) is 66.8 Å². The molecule has 2 fully saturated rings. The van der Waals surface area contributed by atoms with Crippen molar-refractivity contribution < 1.29 is 22.4 Å². The van der Waals surface area contributed by atoms with Gasteiger partial charge in [0.05, 0.1) is 0 Å². The minimum atomic E-state index is -4.85. The maximum absolute atomic E-state index is 12.8. The highest BCUT2D eigenvalue weighted by Gasteiger charge is 2.51. The molecule has 0 aromatic heterocycles. The van der Waals surface area contributed by atoms with Crippen molar-refractivity contribution in [2.24, 2.45) is 11.3 Å². The largest absolute Gasteiger partial charge is 0.454 e. The van der Waals surface area contributed by atoms with Crippen LogP contribution in [0.2, 0.25) is 18.1 Å². The molecule has 0 saturated heterocycles. The summed E-state index contributed by atoms with van der Waals surface area (Å²) in [6.45, 7) is 13.7. The molecule has 1 aromatic carbocycles. The van der Waals surface area contributed by atoms with E-state index in [2.05, 4.69) is 40.8 Å². The van der Waals surface area contributed by atoms with Crippen LogP contribution >= 0.6 is 0 Å². The fourth-order valence-corrected chi connectivity index (χ4v) is 6.43. The third kappa shape index (κ3) is 4.85. The molecule has 3 atom stereocenters. The molecule has 2 aliphatic rings. The normalized spacial score (nSPS) is 28.6. The quantitative estimate of drug-likeness (QED) is 0.344. The van der Waals surface area contributed by atoms with Crippen LogP contribution in [-0.4, -0.2) is 26.4 Å². The Bertz CT molecular complexity index is 866. The summed E-state index contributed by atoms with van der Waals surface area (Å²) < 4.78 is 45.4. The van der Waals surface area contributed by atoms with Crippen LogP contribution in [0, 0.1) is 11.3 Å². The van der Waals surface area contributed by atoms with Crippen LogP contribution in [0.3, 0.4) is 0 Å². The van der Waals surface area contributed by atoms with E-state index in [1.165, 1.54) is 23.8 Å². The predicted octanol–water partition coefficient (Wildman–Crippen LogP) is 7.81. The van der Waals surface area contributed by atoms with Gasteiger partial charge in [0.1, 0.15) is 0 Å². The van der Waals surface area contributed by atoms with Gasteiger partial charge in [-0.15, -0.1) is 0 Å². The first-order valence-corrected chi connectivity index (χ1v) is 14.2. The summed E-state index contributed by atoms with van der Waals surface area (Å²) in [5.41, 5.74) is 1.64. The Hall–Kier alpha value is -1.40. The van der Waals surface area contributed by atoms with Crippen LogP contribution < -0.4 is 0 Å². The zero-order valence-corrected chi connectivity index (χ0v) is 20.5. The topological polar surface area (TPSA) is 26.3 Å². The molecule has 2 saturated carbocycles. The smallest absolute Gasteiger partial charge is 0.414 e. The molecule has 0 amide bonds. The van der Waals surface area contributed by atoms with Crippen LogP contribution in [0.1, 0.15) is 75.7 Å². The molecule has 0 heterocycles. The third-order valence-corrected chi connectivity index (χ3v) is 12.4. The van der Waals surface area contributed by atoms with Crippen LogP contribution in [0.4, 0.5) is 13.2 Å². The number of rotatable bonds is 4. The van der Waals surface area contributed by atoms with Crippen molar-refractivity contribution in [3.8, 4) is 0 Å². The van der Waals surface area contributed by atoms with Crippen LogP contribution in [0.15, 0.2) is 29.8 Å². The summed E-state index contributed by atoms with van der Waals surface area (Å²) in [4.78, 5) is 11.6. The van der Waals surface area contributed by atoms with Gasteiger partial charge < -0.3 is 4.43 Å². The second-order valence-electron chi connectivity index (χ2n) is 11.0. The van der Waals surface area contributed by atoms with E-state index in [-0.39, 0.29) is 22.1 Å². The van der Waals surface area contributed by atoms with Gasteiger partial charge in [-0.25, -0.2) is 0 Å². The second kappa shape index (κ2) is 8.18.